The molecule has 0 saturated carbocycles. The van der Waals surface area contributed by atoms with Crippen LogP contribution in [-0.2, 0) is 0 Å². The summed E-state index contributed by atoms with van der Waals surface area (Å²) in [6.07, 6.45) is 0. The maximum absolute atomic E-state index is 5.96. The van der Waals surface area contributed by atoms with Crippen LogP contribution >= 0.6 is 23.5 Å². The summed E-state index contributed by atoms with van der Waals surface area (Å²) in [4.78, 5) is 0. The maximum atomic E-state index is 5.96. The molecule has 0 amide bonds. The van der Waals surface area contributed by atoms with E-state index < -0.39 is 0 Å². The van der Waals surface area contributed by atoms with Crippen molar-refractivity contribution in [1.29, 1.82) is 0 Å². The molecular weight excluding hydrogens is 276 g/mol. The summed E-state index contributed by atoms with van der Waals surface area (Å²) in [5.74, 6) is 10.2. The maximum Gasteiger partial charge on any atom is 0.134 e. The van der Waals surface area contributed by atoms with Gasteiger partial charge in [-0.05, 0) is 25.1 Å². The van der Waals surface area contributed by atoms with Gasteiger partial charge in [0.2, 0.25) is 0 Å². The van der Waals surface area contributed by atoms with Crippen molar-refractivity contribution < 1.29 is 4.42 Å². The average Bonchev–Trinajstić information content (AvgIpc) is 2.83. The molecule has 2 unspecified atom stereocenters. The van der Waals surface area contributed by atoms with E-state index in [0.717, 1.165) is 22.5 Å². The first-order valence-corrected chi connectivity index (χ1v) is 8.64. The number of thioether (sulfide) groups is 2. The Labute approximate surface area is 121 Å². The minimum absolute atomic E-state index is 0.0884. The molecule has 0 bridgehead atoms. The first-order chi connectivity index (χ1) is 9.28. The predicted molar refractivity (Wildman–Crippen MR) is 84.6 cm³/mol. The molecule has 3 nitrogen and oxygen atoms in total. The molecule has 0 spiro atoms. The zero-order chi connectivity index (χ0) is 13.2. The molecule has 1 saturated heterocycles. The number of fused-ring (bicyclic) bond motifs is 1. The van der Waals surface area contributed by atoms with Crippen molar-refractivity contribution >= 4 is 34.5 Å². The second-order valence-electron chi connectivity index (χ2n) is 4.82. The molecule has 2 heterocycles. The Hall–Kier alpha value is -0.620. The summed E-state index contributed by atoms with van der Waals surface area (Å²) in [5, 5.41) is 1.63. The van der Waals surface area contributed by atoms with Gasteiger partial charge in [0, 0.05) is 27.9 Å². The van der Waals surface area contributed by atoms with Gasteiger partial charge in [-0.3, -0.25) is 5.84 Å². The number of aryl methyl sites for hydroxylation is 1. The highest BCUT2D eigenvalue weighted by Crippen LogP contribution is 2.35. The van der Waals surface area contributed by atoms with Crippen molar-refractivity contribution in [2.45, 2.75) is 18.2 Å². The highest BCUT2D eigenvalue weighted by molar-refractivity contribution is 8.06. The standard InChI is InChI=1S/C14H18N2OS2/c1-9-2-3-11-10(6-9)7-12(17-11)14(16-15)13-8-18-4-5-19-13/h2-3,6-7,13-14,16H,4-5,8,15H2,1H3. The van der Waals surface area contributed by atoms with Crippen molar-refractivity contribution in [1.82, 2.24) is 5.43 Å². The number of hydrogen-bond donors (Lipinski definition) is 2. The van der Waals surface area contributed by atoms with Crippen LogP contribution in [0.25, 0.3) is 11.0 Å². The quantitative estimate of drug-likeness (QED) is 0.673. The second-order valence-corrected chi connectivity index (χ2v) is 7.32. The Bertz CT molecular complexity index is 564. The van der Waals surface area contributed by atoms with E-state index in [1.807, 2.05) is 29.6 Å². The van der Waals surface area contributed by atoms with Crippen LogP contribution in [0.1, 0.15) is 17.4 Å². The molecule has 1 fully saturated rings. The van der Waals surface area contributed by atoms with Gasteiger partial charge in [-0.2, -0.15) is 23.5 Å². The lowest BCUT2D eigenvalue weighted by Gasteiger charge is -2.27. The van der Waals surface area contributed by atoms with Gasteiger partial charge in [0.1, 0.15) is 11.3 Å². The number of nitrogens with one attached hydrogen (secondary N) is 1. The van der Waals surface area contributed by atoms with Crippen LogP contribution in [0, 0.1) is 6.92 Å². The largest absolute Gasteiger partial charge is 0.459 e. The third-order valence-corrected chi connectivity index (χ3v) is 6.25. The Balaban J connectivity index is 1.91. The number of hydrogen-bond acceptors (Lipinski definition) is 5. The summed E-state index contributed by atoms with van der Waals surface area (Å²) in [5.41, 5.74) is 5.12. The SMILES string of the molecule is Cc1ccc2oc(C(NN)C3CSCCS3)cc2c1. The summed E-state index contributed by atoms with van der Waals surface area (Å²) in [7, 11) is 0. The molecule has 1 aromatic heterocycles. The van der Waals surface area contributed by atoms with E-state index in [4.69, 9.17) is 10.3 Å². The lowest BCUT2D eigenvalue weighted by molar-refractivity contribution is 0.436. The van der Waals surface area contributed by atoms with Gasteiger partial charge in [-0.25, -0.2) is 5.43 Å². The normalized spacial score (nSPS) is 21.7. The molecule has 3 rings (SSSR count). The monoisotopic (exact) mass is 294 g/mol. The van der Waals surface area contributed by atoms with Crippen LogP contribution in [0.5, 0.6) is 0 Å². The van der Waals surface area contributed by atoms with E-state index >= 15 is 0 Å². The van der Waals surface area contributed by atoms with Gasteiger partial charge in [0.05, 0.1) is 6.04 Å². The number of furan rings is 1. The second kappa shape index (κ2) is 5.79. The molecular formula is C14H18N2OS2. The fourth-order valence-electron chi connectivity index (χ4n) is 2.41. The van der Waals surface area contributed by atoms with Gasteiger partial charge >= 0.3 is 0 Å². The van der Waals surface area contributed by atoms with Crippen molar-refractivity contribution in [3.8, 4) is 0 Å². The van der Waals surface area contributed by atoms with Gasteiger partial charge in [0.15, 0.2) is 0 Å². The highest BCUT2D eigenvalue weighted by Gasteiger charge is 2.27. The molecule has 19 heavy (non-hydrogen) atoms. The van der Waals surface area contributed by atoms with Crippen LogP contribution in [-0.4, -0.2) is 22.5 Å². The van der Waals surface area contributed by atoms with Gasteiger partial charge in [-0.1, -0.05) is 11.6 Å². The summed E-state index contributed by atoms with van der Waals surface area (Å²) < 4.78 is 5.96. The number of benzene rings is 1. The molecule has 1 aliphatic rings. The van der Waals surface area contributed by atoms with Crippen LogP contribution < -0.4 is 11.3 Å². The zero-order valence-electron chi connectivity index (χ0n) is 10.9. The fourth-order valence-corrected chi connectivity index (χ4v) is 5.24. The van der Waals surface area contributed by atoms with E-state index in [-0.39, 0.29) is 6.04 Å². The molecule has 102 valence electrons. The first-order valence-electron chi connectivity index (χ1n) is 6.43. The first kappa shape index (κ1) is 13.4. The molecule has 3 N–H and O–H groups in total. The molecule has 0 aliphatic carbocycles. The molecule has 5 heteroatoms. The summed E-state index contributed by atoms with van der Waals surface area (Å²) >= 11 is 3.97. The highest BCUT2D eigenvalue weighted by atomic mass is 32.2. The fraction of sp³-hybridized carbons (Fsp3) is 0.429. The predicted octanol–water partition coefficient (Wildman–Crippen LogP) is 3.09. The lowest BCUT2D eigenvalue weighted by atomic mass is 10.1. The van der Waals surface area contributed by atoms with E-state index in [2.05, 4.69) is 30.5 Å². The zero-order valence-corrected chi connectivity index (χ0v) is 12.5. The molecule has 1 aromatic carbocycles. The van der Waals surface area contributed by atoms with Crippen LogP contribution in [0.3, 0.4) is 0 Å². The Kier molecular flexibility index (Phi) is 4.07. The average molecular weight is 294 g/mol. The van der Waals surface area contributed by atoms with Crippen LogP contribution in [0.2, 0.25) is 0 Å². The molecule has 2 atom stereocenters. The van der Waals surface area contributed by atoms with E-state index in [9.17, 15) is 0 Å². The summed E-state index contributed by atoms with van der Waals surface area (Å²) in [6.45, 7) is 2.10. The van der Waals surface area contributed by atoms with Gasteiger partial charge < -0.3 is 4.42 Å². The third-order valence-electron chi connectivity index (χ3n) is 3.39. The van der Waals surface area contributed by atoms with Crippen molar-refractivity contribution in [2.24, 2.45) is 5.84 Å². The molecule has 1 aliphatic heterocycles. The van der Waals surface area contributed by atoms with E-state index in [0.29, 0.717) is 5.25 Å². The minimum Gasteiger partial charge on any atom is -0.459 e. The Morgan fingerprint density at radius 3 is 3.00 bits per heavy atom. The lowest BCUT2D eigenvalue weighted by Crippen LogP contribution is -2.37. The molecule has 2 aromatic rings. The van der Waals surface area contributed by atoms with E-state index in [1.165, 1.54) is 17.1 Å². The topological polar surface area (TPSA) is 51.2 Å². The molecule has 0 radical (unpaired) electrons. The Morgan fingerprint density at radius 2 is 2.26 bits per heavy atom. The van der Waals surface area contributed by atoms with Crippen molar-refractivity contribution in [2.75, 3.05) is 17.3 Å². The van der Waals surface area contributed by atoms with Crippen LogP contribution in [0.4, 0.5) is 0 Å². The third kappa shape index (κ3) is 2.79. The Morgan fingerprint density at radius 1 is 1.37 bits per heavy atom. The van der Waals surface area contributed by atoms with Crippen molar-refractivity contribution in [3.05, 3.63) is 35.6 Å². The van der Waals surface area contributed by atoms with Crippen molar-refractivity contribution in [3.63, 3.8) is 0 Å². The van der Waals surface area contributed by atoms with Crippen LogP contribution in [0.15, 0.2) is 28.7 Å². The number of hydrazine groups is 1. The van der Waals surface area contributed by atoms with E-state index in [1.54, 1.807) is 0 Å². The number of nitrogens with two attached hydrogens (primary N) is 1. The number of rotatable bonds is 3. The van der Waals surface area contributed by atoms with Gasteiger partial charge in [0.25, 0.3) is 0 Å². The van der Waals surface area contributed by atoms with Gasteiger partial charge in [-0.15, -0.1) is 0 Å². The minimum atomic E-state index is 0.0884. The smallest absolute Gasteiger partial charge is 0.134 e. The summed E-state index contributed by atoms with van der Waals surface area (Å²) in [6, 6.07) is 8.46.